The predicted molar refractivity (Wildman–Crippen MR) is 77.7 cm³/mol. The van der Waals surface area contributed by atoms with Gasteiger partial charge in [-0.2, -0.15) is 5.10 Å². The Labute approximate surface area is 112 Å². The van der Waals surface area contributed by atoms with E-state index in [9.17, 15) is 0 Å². The third-order valence-corrected chi connectivity index (χ3v) is 3.33. The molecule has 1 aromatic rings. The molecule has 1 unspecified atom stereocenters. The Hall–Kier alpha value is -0.830. The van der Waals surface area contributed by atoms with E-state index in [1.54, 1.807) is 0 Å². The van der Waals surface area contributed by atoms with Gasteiger partial charge in [-0.3, -0.25) is 4.68 Å². The zero-order valence-electron chi connectivity index (χ0n) is 12.9. The first kappa shape index (κ1) is 15.2. The van der Waals surface area contributed by atoms with Crippen LogP contribution in [-0.2, 0) is 19.0 Å². The maximum atomic E-state index is 4.61. The summed E-state index contributed by atoms with van der Waals surface area (Å²) < 4.78 is 1.93. The number of nitrogens with zero attached hydrogens (tertiary/aromatic N) is 2. The van der Waals surface area contributed by atoms with Crippen LogP contribution >= 0.6 is 0 Å². The Morgan fingerprint density at radius 3 is 2.50 bits per heavy atom. The highest BCUT2D eigenvalue weighted by Crippen LogP contribution is 2.24. The fraction of sp³-hybridized carbons (Fsp3) is 0.800. The average Bonchev–Trinajstić information content (AvgIpc) is 2.65. The third kappa shape index (κ3) is 4.13. The van der Waals surface area contributed by atoms with E-state index in [0.29, 0.717) is 6.04 Å². The maximum absolute atomic E-state index is 4.61. The Morgan fingerprint density at radius 1 is 1.33 bits per heavy atom. The highest BCUT2D eigenvalue weighted by atomic mass is 15.3. The van der Waals surface area contributed by atoms with Crippen LogP contribution in [0.4, 0.5) is 0 Å². The van der Waals surface area contributed by atoms with Gasteiger partial charge in [0.15, 0.2) is 0 Å². The molecule has 0 spiro atoms. The molecule has 0 aromatic carbocycles. The summed E-state index contributed by atoms with van der Waals surface area (Å²) in [7, 11) is 2.00. The molecule has 0 saturated heterocycles. The molecule has 1 N–H and O–H groups in total. The topological polar surface area (TPSA) is 29.9 Å². The average molecular weight is 251 g/mol. The van der Waals surface area contributed by atoms with Gasteiger partial charge in [-0.05, 0) is 12.8 Å². The molecule has 0 saturated carbocycles. The number of hydrogen-bond acceptors (Lipinski definition) is 2. The lowest BCUT2D eigenvalue weighted by atomic mass is 9.89. The van der Waals surface area contributed by atoms with Crippen molar-refractivity contribution in [2.45, 2.75) is 71.9 Å². The van der Waals surface area contributed by atoms with E-state index < -0.39 is 0 Å². The highest BCUT2D eigenvalue weighted by Gasteiger charge is 2.21. The quantitative estimate of drug-likeness (QED) is 0.840. The Bertz CT molecular complexity index is 360. The lowest BCUT2D eigenvalue weighted by Crippen LogP contribution is -2.28. The minimum Gasteiger partial charge on any atom is -0.310 e. The molecule has 0 fully saturated rings. The van der Waals surface area contributed by atoms with Crippen molar-refractivity contribution in [1.82, 2.24) is 15.1 Å². The van der Waals surface area contributed by atoms with Gasteiger partial charge in [0.2, 0.25) is 0 Å². The summed E-state index contributed by atoms with van der Waals surface area (Å²) in [5, 5.41) is 8.27. The molecule has 1 rings (SSSR count). The van der Waals surface area contributed by atoms with Crippen LogP contribution in [0.2, 0.25) is 0 Å². The Morgan fingerprint density at radius 2 is 2.00 bits per heavy atom. The first-order chi connectivity index (χ1) is 8.38. The van der Waals surface area contributed by atoms with Gasteiger partial charge in [-0.15, -0.1) is 0 Å². The minimum atomic E-state index is 0.116. The molecule has 1 atom stereocenters. The van der Waals surface area contributed by atoms with Crippen LogP contribution < -0.4 is 5.32 Å². The number of aromatic nitrogens is 2. The van der Waals surface area contributed by atoms with Gasteiger partial charge in [0.05, 0.1) is 5.69 Å². The van der Waals surface area contributed by atoms with Gasteiger partial charge in [-0.1, -0.05) is 41.0 Å². The zero-order chi connectivity index (χ0) is 13.8. The summed E-state index contributed by atoms with van der Waals surface area (Å²) in [6, 6.07) is 0.628. The molecule has 0 amide bonds. The lowest BCUT2D eigenvalue weighted by Gasteiger charge is -2.20. The van der Waals surface area contributed by atoms with E-state index in [4.69, 9.17) is 0 Å². The lowest BCUT2D eigenvalue weighted by molar-refractivity contribution is 0.457. The van der Waals surface area contributed by atoms with E-state index >= 15 is 0 Å². The van der Waals surface area contributed by atoms with Crippen molar-refractivity contribution in [3.63, 3.8) is 0 Å². The second kappa shape index (κ2) is 6.37. The van der Waals surface area contributed by atoms with Crippen molar-refractivity contribution < 1.29 is 0 Å². The van der Waals surface area contributed by atoms with Gasteiger partial charge in [0.25, 0.3) is 0 Å². The van der Waals surface area contributed by atoms with Gasteiger partial charge in [-0.25, -0.2) is 0 Å². The van der Waals surface area contributed by atoms with E-state index in [1.165, 1.54) is 30.5 Å². The van der Waals surface area contributed by atoms with Crippen LogP contribution in [0.25, 0.3) is 0 Å². The maximum Gasteiger partial charge on any atom is 0.0722 e. The van der Waals surface area contributed by atoms with Crippen LogP contribution in [0.5, 0.6) is 0 Å². The van der Waals surface area contributed by atoms with Crippen LogP contribution in [0.3, 0.4) is 0 Å². The van der Waals surface area contributed by atoms with Crippen molar-refractivity contribution in [2.75, 3.05) is 0 Å². The van der Waals surface area contributed by atoms with Crippen LogP contribution in [0.1, 0.15) is 65.1 Å². The fourth-order valence-electron chi connectivity index (χ4n) is 2.35. The number of rotatable bonds is 6. The molecular formula is C15H29N3. The van der Waals surface area contributed by atoms with E-state index in [-0.39, 0.29) is 5.41 Å². The van der Waals surface area contributed by atoms with Crippen LogP contribution in [0, 0.1) is 0 Å². The second-order valence-corrected chi connectivity index (χ2v) is 6.20. The summed E-state index contributed by atoms with van der Waals surface area (Å²) in [5.74, 6) is 0. The van der Waals surface area contributed by atoms with E-state index in [2.05, 4.69) is 51.2 Å². The molecule has 0 bridgehead atoms. The Kier molecular flexibility index (Phi) is 5.39. The van der Waals surface area contributed by atoms with Gasteiger partial charge in [0, 0.05) is 36.8 Å². The molecule has 0 aliphatic rings. The van der Waals surface area contributed by atoms with Crippen molar-refractivity contribution in [2.24, 2.45) is 7.05 Å². The summed E-state index contributed by atoms with van der Waals surface area (Å²) in [6.07, 6.45) is 5.83. The Balaban J connectivity index is 2.72. The molecular weight excluding hydrogens is 222 g/mol. The smallest absolute Gasteiger partial charge is 0.0722 e. The summed E-state index contributed by atoms with van der Waals surface area (Å²) in [5.41, 5.74) is 2.66. The molecule has 1 heterocycles. The molecule has 3 nitrogen and oxygen atoms in total. The first-order valence-corrected chi connectivity index (χ1v) is 7.14. The molecule has 104 valence electrons. The molecule has 0 aliphatic carbocycles. The largest absolute Gasteiger partial charge is 0.310 e. The molecule has 0 aliphatic heterocycles. The zero-order valence-corrected chi connectivity index (χ0v) is 12.9. The van der Waals surface area contributed by atoms with Crippen LogP contribution in [0.15, 0.2) is 6.20 Å². The standard InChI is InChI=1S/C15H29N3/c1-7-9-13(8-2)16-10-12-11-18(6)17-14(12)15(3,4)5/h11,13,16H,7-10H2,1-6H3. The molecule has 18 heavy (non-hydrogen) atoms. The second-order valence-electron chi connectivity index (χ2n) is 6.20. The van der Waals surface area contributed by atoms with Gasteiger partial charge < -0.3 is 5.32 Å². The van der Waals surface area contributed by atoms with Crippen molar-refractivity contribution in [3.05, 3.63) is 17.5 Å². The number of aryl methyl sites for hydroxylation is 1. The summed E-state index contributed by atoms with van der Waals surface area (Å²) >= 11 is 0. The van der Waals surface area contributed by atoms with Crippen molar-refractivity contribution >= 4 is 0 Å². The van der Waals surface area contributed by atoms with Crippen molar-refractivity contribution in [3.8, 4) is 0 Å². The molecule has 3 heteroatoms. The van der Waals surface area contributed by atoms with Crippen molar-refractivity contribution in [1.29, 1.82) is 0 Å². The van der Waals surface area contributed by atoms with Gasteiger partial charge >= 0.3 is 0 Å². The highest BCUT2D eigenvalue weighted by molar-refractivity contribution is 5.23. The molecule has 0 radical (unpaired) electrons. The third-order valence-electron chi connectivity index (χ3n) is 3.33. The minimum absolute atomic E-state index is 0.116. The van der Waals surface area contributed by atoms with E-state index in [0.717, 1.165) is 6.54 Å². The number of hydrogen-bond donors (Lipinski definition) is 1. The predicted octanol–water partition coefficient (Wildman–Crippen LogP) is 3.39. The first-order valence-electron chi connectivity index (χ1n) is 7.14. The normalized spacial score (nSPS) is 13.9. The molecule has 1 aromatic heterocycles. The van der Waals surface area contributed by atoms with Crippen LogP contribution in [-0.4, -0.2) is 15.8 Å². The monoisotopic (exact) mass is 251 g/mol. The summed E-state index contributed by atoms with van der Waals surface area (Å²) in [6.45, 7) is 12.1. The van der Waals surface area contributed by atoms with E-state index in [1.807, 2.05) is 11.7 Å². The number of nitrogens with one attached hydrogen (secondary N) is 1. The summed E-state index contributed by atoms with van der Waals surface area (Å²) in [4.78, 5) is 0. The fourth-order valence-corrected chi connectivity index (χ4v) is 2.35. The van der Waals surface area contributed by atoms with Gasteiger partial charge in [0.1, 0.15) is 0 Å². The SMILES string of the molecule is CCCC(CC)NCc1cn(C)nc1C(C)(C)C.